The Hall–Kier alpha value is -2.68. The van der Waals surface area contributed by atoms with Crippen LogP contribution in [0.4, 0.5) is 9.59 Å². The van der Waals surface area contributed by atoms with Gasteiger partial charge in [-0.05, 0) is 12.8 Å². The zero-order valence-corrected chi connectivity index (χ0v) is 21.1. The normalized spacial score (nSPS) is 27.9. The summed E-state index contributed by atoms with van der Waals surface area (Å²) >= 11 is 0. The van der Waals surface area contributed by atoms with Gasteiger partial charge in [-0.15, -0.1) is 0 Å². The Bertz CT molecular complexity index is 683. The van der Waals surface area contributed by atoms with Crippen LogP contribution in [0.5, 0.6) is 0 Å². The Morgan fingerprint density at radius 3 is 1.31 bits per heavy atom. The summed E-state index contributed by atoms with van der Waals surface area (Å²) in [6, 6.07) is 0. The first-order valence-electron chi connectivity index (χ1n) is 11.7. The molecule has 2 aliphatic heterocycles. The van der Waals surface area contributed by atoms with E-state index in [-0.39, 0.29) is 26.4 Å². The van der Waals surface area contributed by atoms with Crippen molar-refractivity contribution in [2.75, 3.05) is 53.7 Å². The highest BCUT2D eigenvalue weighted by Gasteiger charge is 2.43. The third-order valence-corrected chi connectivity index (χ3v) is 5.48. The van der Waals surface area contributed by atoms with Crippen molar-refractivity contribution in [1.82, 2.24) is 10.6 Å². The minimum atomic E-state index is -1.50. The molecule has 2 heterocycles. The molecule has 0 radical (unpaired) electrons. The van der Waals surface area contributed by atoms with Crippen LogP contribution in [-0.2, 0) is 47.5 Å². The predicted molar refractivity (Wildman–Crippen MR) is 120 cm³/mol. The number of carbonyl (C=O) groups excluding carboxylic acids is 4. The summed E-state index contributed by atoms with van der Waals surface area (Å²) in [4.78, 5) is 47.0. The van der Waals surface area contributed by atoms with Crippen molar-refractivity contribution in [2.45, 2.75) is 63.3 Å². The van der Waals surface area contributed by atoms with Gasteiger partial charge in [0.2, 0.25) is 0 Å². The molecule has 2 fully saturated rings. The largest absolute Gasteiger partial charge is 0.465 e. The molecule has 0 saturated carbocycles. The van der Waals surface area contributed by atoms with Crippen LogP contribution in [0.15, 0.2) is 0 Å². The van der Waals surface area contributed by atoms with E-state index < -0.39 is 47.9 Å². The topological polar surface area (TPSA) is 166 Å². The summed E-state index contributed by atoms with van der Waals surface area (Å²) in [5, 5.41) is 5.30. The van der Waals surface area contributed by atoms with E-state index >= 15 is 0 Å². The molecule has 206 valence electrons. The van der Waals surface area contributed by atoms with Gasteiger partial charge >= 0.3 is 24.1 Å². The van der Waals surface area contributed by atoms with Crippen molar-refractivity contribution in [3.05, 3.63) is 0 Å². The summed E-state index contributed by atoms with van der Waals surface area (Å²) in [6.45, 7) is 3.80. The molecule has 2 amide bonds. The first-order valence-corrected chi connectivity index (χ1v) is 11.7. The van der Waals surface area contributed by atoms with Crippen LogP contribution in [0, 0.1) is 0 Å². The van der Waals surface area contributed by atoms with E-state index in [1.165, 1.54) is 28.1 Å². The lowest BCUT2D eigenvalue weighted by atomic mass is 10.2. The maximum atomic E-state index is 11.9. The average molecular weight is 521 g/mol. The molecule has 0 aromatic heterocycles. The lowest BCUT2D eigenvalue weighted by Gasteiger charge is -2.34. The highest BCUT2D eigenvalue weighted by atomic mass is 16.8. The molecule has 0 atom stereocenters. The number of ether oxygens (including phenoxy) is 8. The van der Waals surface area contributed by atoms with Gasteiger partial charge in [0.15, 0.2) is 12.2 Å². The number of amides is 2. The molecule has 2 rings (SSSR count). The van der Waals surface area contributed by atoms with Crippen LogP contribution in [0.25, 0.3) is 0 Å². The van der Waals surface area contributed by atoms with Gasteiger partial charge in [0.1, 0.15) is 0 Å². The average Bonchev–Trinajstić information content (AvgIpc) is 2.87. The number of rotatable bonds is 11. The van der Waals surface area contributed by atoms with Gasteiger partial charge in [0.05, 0.1) is 40.6 Å². The number of carbonyl (C=O) groups is 4. The van der Waals surface area contributed by atoms with Crippen molar-refractivity contribution in [3.63, 3.8) is 0 Å². The van der Waals surface area contributed by atoms with Crippen LogP contribution in [0.3, 0.4) is 0 Å². The zero-order valence-electron chi connectivity index (χ0n) is 21.1. The lowest BCUT2D eigenvalue weighted by molar-refractivity contribution is -0.279. The number of alkyl carbamates (subject to hydrolysis) is 2. The van der Waals surface area contributed by atoms with E-state index in [0.29, 0.717) is 13.1 Å². The Labute approximate surface area is 209 Å². The van der Waals surface area contributed by atoms with Crippen molar-refractivity contribution >= 4 is 24.1 Å². The number of esters is 2. The van der Waals surface area contributed by atoms with Gasteiger partial charge in [-0.25, -0.2) is 19.2 Å². The molecular formula is C22H36N2O12. The molecule has 0 bridgehead atoms. The Balaban J connectivity index is 1.45. The van der Waals surface area contributed by atoms with Crippen LogP contribution < -0.4 is 10.6 Å². The third-order valence-electron chi connectivity index (χ3n) is 5.48. The van der Waals surface area contributed by atoms with Crippen LogP contribution in [-0.4, -0.2) is 102 Å². The Morgan fingerprint density at radius 2 is 1.00 bits per heavy atom. The first kappa shape index (κ1) is 29.5. The van der Waals surface area contributed by atoms with Crippen molar-refractivity contribution in [2.24, 2.45) is 0 Å². The predicted octanol–water partition coefficient (Wildman–Crippen LogP) is 0.608. The van der Waals surface area contributed by atoms with Gasteiger partial charge in [-0.1, -0.05) is 12.8 Å². The van der Waals surface area contributed by atoms with E-state index in [2.05, 4.69) is 20.1 Å². The maximum Gasteiger partial charge on any atom is 0.407 e. The van der Waals surface area contributed by atoms with E-state index in [4.69, 9.17) is 28.4 Å². The fourth-order valence-electron chi connectivity index (χ4n) is 3.30. The van der Waals surface area contributed by atoms with Crippen molar-refractivity contribution in [3.8, 4) is 0 Å². The molecule has 2 N–H and O–H groups in total. The van der Waals surface area contributed by atoms with Gasteiger partial charge in [-0.3, -0.25) is 0 Å². The fraction of sp³-hybridized carbons (Fsp3) is 0.818. The first-order chi connectivity index (χ1) is 17.1. The van der Waals surface area contributed by atoms with Gasteiger partial charge in [-0.2, -0.15) is 0 Å². The number of hydrogen-bond acceptors (Lipinski definition) is 12. The molecule has 0 unspecified atom stereocenters. The maximum absolute atomic E-state index is 11.9. The second kappa shape index (κ2) is 14.2. The molecule has 0 aromatic carbocycles. The summed E-state index contributed by atoms with van der Waals surface area (Å²) in [5.74, 6) is -4.31. The summed E-state index contributed by atoms with van der Waals surface area (Å²) in [7, 11) is 2.46. The minimum absolute atomic E-state index is 0.0160. The van der Waals surface area contributed by atoms with Gasteiger partial charge < -0.3 is 48.5 Å². The standard InChI is InChI=1S/C22H36N2O12/c1-21(17(25)29-3)31-11-15(12-32-21)35-19(27)23-9-7-5-6-8-10-24-20(28)36-16-13-33-22(2,34-14-16)18(26)30-4/h15-16H,5-14H2,1-4H3,(H,23,27)(H,24,28). The summed E-state index contributed by atoms with van der Waals surface area (Å²) in [6.07, 6.45) is 0.680. The zero-order chi connectivity index (χ0) is 26.6. The summed E-state index contributed by atoms with van der Waals surface area (Å²) < 4.78 is 40.9. The molecule has 36 heavy (non-hydrogen) atoms. The number of nitrogens with one attached hydrogen (secondary N) is 2. The second-order valence-electron chi connectivity index (χ2n) is 8.44. The summed E-state index contributed by atoms with van der Waals surface area (Å²) in [5.41, 5.74) is 0. The Kier molecular flexibility index (Phi) is 11.6. The molecule has 2 aliphatic rings. The Morgan fingerprint density at radius 1 is 0.667 bits per heavy atom. The van der Waals surface area contributed by atoms with Crippen molar-refractivity contribution < 1.29 is 57.1 Å². The third kappa shape index (κ3) is 9.08. The quantitative estimate of drug-likeness (QED) is 0.222. The fourth-order valence-corrected chi connectivity index (χ4v) is 3.30. The van der Waals surface area contributed by atoms with Crippen LogP contribution in [0.2, 0.25) is 0 Å². The van der Waals surface area contributed by atoms with Crippen molar-refractivity contribution in [1.29, 1.82) is 0 Å². The number of methoxy groups -OCH3 is 2. The smallest absolute Gasteiger partial charge is 0.407 e. The van der Waals surface area contributed by atoms with E-state index in [1.54, 1.807) is 0 Å². The number of hydrogen-bond donors (Lipinski definition) is 2. The van der Waals surface area contributed by atoms with E-state index in [0.717, 1.165) is 25.7 Å². The molecule has 14 nitrogen and oxygen atoms in total. The SMILES string of the molecule is COC(=O)C1(C)OCC(OC(=O)NCCCCCCNC(=O)OC2COC(C)(C(=O)OC)OC2)CO1. The molecule has 0 aliphatic carbocycles. The lowest BCUT2D eigenvalue weighted by Crippen LogP contribution is -2.51. The van der Waals surface area contributed by atoms with Crippen LogP contribution >= 0.6 is 0 Å². The molecular weight excluding hydrogens is 484 g/mol. The molecule has 0 spiro atoms. The second-order valence-corrected chi connectivity index (χ2v) is 8.44. The highest BCUT2D eigenvalue weighted by Crippen LogP contribution is 2.22. The van der Waals surface area contributed by atoms with Gasteiger partial charge in [0.25, 0.3) is 11.6 Å². The number of unbranched alkanes of at least 4 members (excludes halogenated alkanes) is 3. The molecule has 0 aromatic rings. The minimum Gasteiger partial charge on any atom is -0.465 e. The van der Waals surface area contributed by atoms with Gasteiger partial charge in [0, 0.05) is 26.9 Å². The monoisotopic (exact) mass is 520 g/mol. The van der Waals surface area contributed by atoms with E-state index in [1.807, 2.05) is 0 Å². The van der Waals surface area contributed by atoms with E-state index in [9.17, 15) is 19.2 Å². The molecule has 2 saturated heterocycles. The van der Waals surface area contributed by atoms with Crippen LogP contribution in [0.1, 0.15) is 39.5 Å². The molecule has 14 heteroatoms. The highest BCUT2D eigenvalue weighted by molar-refractivity contribution is 5.77.